The first kappa shape index (κ1) is 22.0. The highest BCUT2D eigenvalue weighted by Crippen LogP contribution is 2.25. The summed E-state index contributed by atoms with van der Waals surface area (Å²) in [5.41, 5.74) is -1.06. The van der Waals surface area contributed by atoms with Crippen molar-refractivity contribution in [3.8, 4) is 0 Å². The largest absolute Gasteiger partial charge is 0.611 e. The van der Waals surface area contributed by atoms with Crippen molar-refractivity contribution in [2.45, 2.75) is 63.1 Å². The van der Waals surface area contributed by atoms with E-state index in [0.717, 1.165) is 0 Å². The fourth-order valence-corrected chi connectivity index (χ4v) is 3.99. The van der Waals surface area contributed by atoms with Gasteiger partial charge in [-0.05, 0) is 57.9 Å². The molecule has 154 valence electrons. The maximum absolute atomic E-state index is 12.5. The lowest BCUT2D eigenvalue weighted by molar-refractivity contribution is -0.126. The Morgan fingerprint density at radius 2 is 1.89 bits per heavy atom. The minimum atomic E-state index is -1.43. The molecule has 1 aliphatic heterocycles. The zero-order chi connectivity index (χ0) is 21.1. The molecule has 1 aromatic rings. The molecule has 2 rings (SSSR count). The summed E-state index contributed by atoms with van der Waals surface area (Å²) < 4.78 is 17.7. The zero-order valence-electron chi connectivity index (χ0n) is 16.8. The van der Waals surface area contributed by atoms with Crippen LogP contribution in [0.4, 0.5) is 10.5 Å². The lowest BCUT2D eigenvalue weighted by Gasteiger charge is -2.28. The van der Waals surface area contributed by atoms with Gasteiger partial charge in [0, 0.05) is 12.0 Å². The van der Waals surface area contributed by atoms with Crippen LogP contribution in [0.5, 0.6) is 0 Å². The molecule has 3 N–H and O–H groups in total. The van der Waals surface area contributed by atoms with Crippen LogP contribution < -0.4 is 16.0 Å². The molecule has 2 atom stereocenters. The smallest absolute Gasteiger partial charge is 0.408 e. The summed E-state index contributed by atoms with van der Waals surface area (Å²) in [4.78, 5) is 37.3. The molecule has 0 radical (unpaired) electrons. The number of hydrogen-bond donors (Lipinski definition) is 3. The number of benzene rings is 1. The molecule has 0 aliphatic carbocycles. The van der Waals surface area contributed by atoms with Gasteiger partial charge >= 0.3 is 6.09 Å². The van der Waals surface area contributed by atoms with E-state index in [1.54, 1.807) is 58.9 Å². The highest BCUT2D eigenvalue weighted by molar-refractivity contribution is 7.91. The van der Waals surface area contributed by atoms with Gasteiger partial charge in [0.05, 0.1) is 5.69 Å². The van der Waals surface area contributed by atoms with Gasteiger partial charge in [0.2, 0.25) is 5.91 Å². The fourth-order valence-electron chi connectivity index (χ4n) is 2.68. The van der Waals surface area contributed by atoms with E-state index in [1.807, 2.05) is 0 Å². The van der Waals surface area contributed by atoms with Crippen LogP contribution in [0, 0.1) is 0 Å². The molecule has 0 fully saturated rings. The summed E-state index contributed by atoms with van der Waals surface area (Å²) in [6.45, 7) is 8.59. The van der Waals surface area contributed by atoms with Gasteiger partial charge in [-0.2, -0.15) is 0 Å². The van der Waals surface area contributed by atoms with Gasteiger partial charge < -0.3 is 25.2 Å². The Bertz CT molecular complexity index is 760. The summed E-state index contributed by atoms with van der Waals surface area (Å²) in [5, 5.41) is 7.95. The van der Waals surface area contributed by atoms with Crippen LogP contribution >= 0.6 is 0 Å². The van der Waals surface area contributed by atoms with Crippen molar-refractivity contribution in [3.05, 3.63) is 24.3 Å². The zero-order valence-corrected chi connectivity index (χ0v) is 17.6. The van der Waals surface area contributed by atoms with Gasteiger partial charge in [-0.15, -0.1) is 0 Å². The Morgan fingerprint density at radius 1 is 1.25 bits per heavy atom. The minimum absolute atomic E-state index is 0.0193. The molecule has 9 heteroatoms. The Kier molecular flexibility index (Phi) is 6.61. The molecular formula is C19H27N3O5S. The standard InChI is InChI=1S/C19H27N3O5S/c1-18(2,3)27-17(25)22-19(4,5)10-15(23)20-13-11-28(26)14-9-7-6-8-12(14)21-16(13)24/h6-9,13H,10-11H2,1-5H3,(H,20,23)(H,21,24)(H,22,25)/t13-,28?/m1/s1. The number of anilines is 1. The molecule has 1 aliphatic rings. The Hall–Kier alpha value is -2.26. The first-order valence-corrected chi connectivity index (χ1v) is 10.3. The predicted octanol–water partition coefficient (Wildman–Crippen LogP) is 1.92. The summed E-state index contributed by atoms with van der Waals surface area (Å²) in [6, 6.07) is 5.90. The molecule has 0 saturated carbocycles. The van der Waals surface area contributed by atoms with E-state index in [-0.39, 0.29) is 12.2 Å². The van der Waals surface area contributed by atoms with Crippen molar-refractivity contribution in [1.29, 1.82) is 0 Å². The van der Waals surface area contributed by atoms with Gasteiger partial charge in [-0.3, -0.25) is 9.59 Å². The van der Waals surface area contributed by atoms with Gasteiger partial charge in [0.1, 0.15) is 11.4 Å². The van der Waals surface area contributed by atoms with E-state index in [0.29, 0.717) is 10.6 Å². The van der Waals surface area contributed by atoms with Gasteiger partial charge in [-0.25, -0.2) is 4.79 Å². The topological polar surface area (TPSA) is 120 Å². The van der Waals surface area contributed by atoms with Crippen LogP contribution in [-0.4, -0.2) is 45.4 Å². The number of hydrogen-bond acceptors (Lipinski definition) is 5. The first-order valence-electron chi connectivity index (χ1n) is 8.95. The lowest BCUT2D eigenvalue weighted by Crippen LogP contribution is -2.52. The summed E-state index contributed by atoms with van der Waals surface area (Å²) in [7, 11) is 0. The molecule has 1 heterocycles. The number of fused-ring (bicyclic) bond motifs is 1. The van der Waals surface area contributed by atoms with Crippen molar-refractivity contribution < 1.29 is 23.7 Å². The van der Waals surface area contributed by atoms with Crippen molar-refractivity contribution in [2.24, 2.45) is 0 Å². The second-order valence-corrected chi connectivity index (χ2v) is 9.77. The number of nitrogens with one attached hydrogen (secondary N) is 3. The van der Waals surface area contributed by atoms with Crippen LogP contribution in [0.1, 0.15) is 41.0 Å². The molecule has 0 saturated heterocycles. The van der Waals surface area contributed by atoms with Crippen molar-refractivity contribution >= 4 is 34.8 Å². The summed E-state index contributed by atoms with van der Waals surface area (Å²) >= 11 is -1.43. The number of para-hydroxylation sites is 1. The van der Waals surface area contributed by atoms with Gasteiger partial charge in [-0.1, -0.05) is 12.1 Å². The van der Waals surface area contributed by atoms with Crippen LogP contribution in [-0.2, 0) is 25.5 Å². The number of carbonyl (C=O) groups is 3. The van der Waals surface area contributed by atoms with E-state index >= 15 is 0 Å². The maximum atomic E-state index is 12.5. The van der Waals surface area contributed by atoms with Gasteiger partial charge in [0.15, 0.2) is 10.9 Å². The monoisotopic (exact) mass is 409 g/mol. The molecule has 1 aromatic carbocycles. The third kappa shape index (κ3) is 6.42. The van der Waals surface area contributed by atoms with E-state index in [4.69, 9.17) is 4.74 Å². The average Bonchev–Trinajstić information content (AvgIpc) is 2.61. The molecule has 0 spiro atoms. The third-order valence-corrected chi connectivity index (χ3v) is 5.28. The first-order chi connectivity index (χ1) is 12.9. The SMILES string of the molecule is CC(C)(CC(=O)N[C@@H]1C[S+]([O-])c2ccccc2NC1=O)NC(=O)OC(C)(C)C. The second kappa shape index (κ2) is 8.40. The Balaban J connectivity index is 1.97. The van der Waals surface area contributed by atoms with Crippen LogP contribution in [0.3, 0.4) is 0 Å². The number of rotatable bonds is 4. The third-order valence-electron chi connectivity index (χ3n) is 3.80. The molecular weight excluding hydrogens is 382 g/mol. The average molecular weight is 410 g/mol. The highest BCUT2D eigenvalue weighted by atomic mass is 32.2. The van der Waals surface area contributed by atoms with E-state index < -0.39 is 46.3 Å². The molecule has 0 aromatic heterocycles. The predicted molar refractivity (Wildman–Crippen MR) is 106 cm³/mol. The Morgan fingerprint density at radius 3 is 2.54 bits per heavy atom. The fraction of sp³-hybridized carbons (Fsp3) is 0.526. The number of carbonyl (C=O) groups excluding carboxylic acids is 3. The molecule has 28 heavy (non-hydrogen) atoms. The van der Waals surface area contributed by atoms with E-state index in [9.17, 15) is 18.9 Å². The maximum Gasteiger partial charge on any atom is 0.408 e. The summed E-state index contributed by atoms with van der Waals surface area (Å²) in [5.74, 6) is -0.886. The number of alkyl carbamates (subject to hydrolysis) is 1. The van der Waals surface area contributed by atoms with Crippen LogP contribution in [0.15, 0.2) is 29.2 Å². The van der Waals surface area contributed by atoms with Crippen LogP contribution in [0.25, 0.3) is 0 Å². The number of ether oxygens (including phenoxy) is 1. The van der Waals surface area contributed by atoms with Crippen LogP contribution in [0.2, 0.25) is 0 Å². The van der Waals surface area contributed by atoms with Crippen molar-refractivity contribution in [3.63, 3.8) is 0 Å². The minimum Gasteiger partial charge on any atom is -0.611 e. The van der Waals surface area contributed by atoms with Crippen molar-refractivity contribution in [2.75, 3.05) is 11.1 Å². The van der Waals surface area contributed by atoms with Gasteiger partial charge in [0.25, 0.3) is 5.91 Å². The molecule has 1 unspecified atom stereocenters. The molecule has 3 amide bonds. The molecule has 8 nitrogen and oxygen atoms in total. The normalized spacial score (nSPS) is 19.7. The quantitative estimate of drug-likeness (QED) is 0.657. The summed E-state index contributed by atoms with van der Waals surface area (Å²) in [6.07, 6.45) is -0.704. The van der Waals surface area contributed by atoms with E-state index in [2.05, 4.69) is 16.0 Å². The van der Waals surface area contributed by atoms with Crippen molar-refractivity contribution in [1.82, 2.24) is 10.6 Å². The molecule has 0 bridgehead atoms. The second-order valence-electron chi connectivity index (χ2n) is 8.31. The lowest BCUT2D eigenvalue weighted by atomic mass is 10.0. The number of amides is 3. The van der Waals surface area contributed by atoms with E-state index in [1.165, 1.54) is 0 Å². The highest BCUT2D eigenvalue weighted by Gasteiger charge is 2.34. The Labute approximate surface area is 168 Å².